The molecule has 1 heterocycles. The van der Waals surface area contributed by atoms with Crippen LogP contribution in [0, 0.1) is 0 Å². The molecule has 1 amide bonds. The van der Waals surface area contributed by atoms with Gasteiger partial charge in [-0.25, -0.2) is 0 Å². The number of fused-ring (bicyclic) bond motifs is 1. The molecule has 4 heteroatoms. The van der Waals surface area contributed by atoms with Gasteiger partial charge in [-0.2, -0.15) is 0 Å². The number of hydrogen-bond donors (Lipinski definition) is 1. The van der Waals surface area contributed by atoms with Crippen LogP contribution in [0.1, 0.15) is 23.3 Å². The van der Waals surface area contributed by atoms with Crippen molar-refractivity contribution in [3.63, 3.8) is 0 Å². The first-order chi connectivity index (χ1) is 6.79. The van der Waals surface area contributed by atoms with E-state index >= 15 is 0 Å². The summed E-state index contributed by atoms with van der Waals surface area (Å²) >= 11 is 7.11. The number of alkyl halides is 1. The van der Waals surface area contributed by atoms with Gasteiger partial charge in [0.1, 0.15) is 5.88 Å². The smallest absolute Gasteiger partial charge is 0.239 e. The Bertz CT molecular complexity index is 324. The fourth-order valence-corrected chi connectivity index (χ4v) is 2.96. The summed E-state index contributed by atoms with van der Waals surface area (Å²) in [5.41, 5.74) is 1.41. The third-order valence-corrected chi connectivity index (χ3v) is 3.78. The van der Waals surface area contributed by atoms with Gasteiger partial charge in [-0.15, -0.1) is 22.9 Å². The lowest BCUT2D eigenvalue weighted by molar-refractivity contribution is -0.113. The molecule has 1 aliphatic rings. The second-order valence-electron chi connectivity index (χ2n) is 3.45. The van der Waals surface area contributed by atoms with Gasteiger partial charge in [0, 0.05) is 4.88 Å². The van der Waals surface area contributed by atoms with Gasteiger partial charge in [0.25, 0.3) is 0 Å². The minimum absolute atomic E-state index is 0.0303. The molecule has 1 aromatic heterocycles. The van der Waals surface area contributed by atoms with E-state index in [0.29, 0.717) is 0 Å². The Hall–Kier alpha value is -0.540. The fraction of sp³-hybridized carbons (Fsp3) is 0.500. The van der Waals surface area contributed by atoms with Gasteiger partial charge in [-0.1, -0.05) is 0 Å². The molecule has 0 aliphatic heterocycles. The number of aryl methyl sites for hydroxylation is 2. The van der Waals surface area contributed by atoms with Crippen LogP contribution >= 0.6 is 22.9 Å². The van der Waals surface area contributed by atoms with Crippen molar-refractivity contribution in [2.45, 2.75) is 25.7 Å². The molecule has 0 bridgehead atoms. The first-order valence-electron chi connectivity index (χ1n) is 4.77. The second kappa shape index (κ2) is 4.32. The molecule has 1 aliphatic carbocycles. The molecule has 14 heavy (non-hydrogen) atoms. The number of nitrogens with one attached hydrogen (secondary N) is 1. The lowest BCUT2D eigenvalue weighted by Crippen LogP contribution is -2.11. The minimum atomic E-state index is -0.120. The van der Waals surface area contributed by atoms with E-state index in [1.54, 1.807) is 11.3 Å². The summed E-state index contributed by atoms with van der Waals surface area (Å²) in [6, 6.07) is 2.09. The number of carbonyl (C=O) groups excluding carboxylic acids is 1. The van der Waals surface area contributed by atoms with Crippen molar-refractivity contribution < 1.29 is 4.79 Å². The molecule has 2 rings (SSSR count). The fourth-order valence-electron chi connectivity index (χ4n) is 1.72. The highest BCUT2D eigenvalue weighted by atomic mass is 35.5. The van der Waals surface area contributed by atoms with Crippen molar-refractivity contribution in [3.05, 3.63) is 16.5 Å². The van der Waals surface area contributed by atoms with Gasteiger partial charge < -0.3 is 5.32 Å². The van der Waals surface area contributed by atoms with E-state index in [2.05, 4.69) is 11.4 Å². The molecule has 76 valence electrons. The molecule has 0 aromatic carbocycles. The summed E-state index contributed by atoms with van der Waals surface area (Å²) in [7, 11) is 0. The first kappa shape index (κ1) is 9.99. The van der Waals surface area contributed by atoms with Crippen LogP contribution in [0.4, 0.5) is 5.00 Å². The summed E-state index contributed by atoms with van der Waals surface area (Å²) in [5.74, 6) is -0.0898. The summed E-state index contributed by atoms with van der Waals surface area (Å²) in [5, 5.41) is 3.74. The van der Waals surface area contributed by atoms with Crippen molar-refractivity contribution in [1.29, 1.82) is 0 Å². The van der Waals surface area contributed by atoms with Gasteiger partial charge in [-0.3, -0.25) is 4.79 Å². The van der Waals surface area contributed by atoms with Crippen LogP contribution in [0.5, 0.6) is 0 Å². The van der Waals surface area contributed by atoms with E-state index in [-0.39, 0.29) is 11.8 Å². The van der Waals surface area contributed by atoms with Crippen molar-refractivity contribution in [2.24, 2.45) is 0 Å². The predicted molar refractivity (Wildman–Crippen MR) is 60.3 cm³/mol. The normalized spacial score (nSPS) is 14.9. The zero-order valence-electron chi connectivity index (χ0n) is 7.81. The maximum Gasteiger partial charge on any atom is 0.239 e. The van der Waals surface area contributed by atoms with Crippen LogP contribution in [0.15, 0.2) is 6.07 Å². The van der Waals surface area contributed by atoms with Crippen LogP contribution in [0.3, 0.4) is 0 Å². The topological polar surface area (TPSA) is 29.1 Å². The average molecular weight is 230 g/mol. The van der Waals surface area contributed by atoms with Gasteiger partial charge in [0.2, 0.25) is 5.91 Å². The highest BCUT2D eigenvalue weighted by Gasteiger charge is 2.13. The molecule has 0 saturated carbocycles. The molecule has 0 unspecified atom stereocenters. The van der Waals surface area contributed by atoms with E-state index in [1.807, 2.05) is 0 Å². The largest absolute Gasteiger partial charge is 0.317 e. The van der Waals surface area contributed by atoms with Crippen molar-refractivity contribution in [2.75, 3.05) is 11.2 Å². The number of thiophene rings is 1. The molecular weight excluding hydrogens is 218 g/mol. The first-order valence-corrected chi connectivity index (χ1v) is 6.12. The average Bonchev–Trinajstić information content (AvgIpc) is 2.59. The van der Waals surface area contributed by atoms with Crippen LogP contribution in [-0.4, -0.2) is 11.8 Å². The lowest BCUT2D eigenvalue weighted by atomic mass is 10.00. The lowest BCUT2D eigenvalue weighted by Gasteiger charge is -2.08. The van der Waals surface area contributed by atoms with Crippen LogP contribution in [-0.2, 0) is 17.6 Å². The number of hydrogen-bond acceptors (Lipinski definition) is 2. The maximum atomic E-state index is 11.1. The number of rotatable bonds is 2. The molecular formula is C10H12ClNOS. The van der Waals surface area contributed by atoms with Gasteiger partial charge in [-0.05, 0) is 37.3 Å². The van der Waals surface area contributed by atoms with Gasteiger partial charge >= 0.3 is 0 Å². The van der Waals surface area contributed by atoms with Crippen molar-refractivity contribution >= 4 is 33.8 Å². The van der Waals surface area contributed by atoms with Gasteiger partial charge in [0.15, 0.2) is 0 Å². The third kappa shape index (κ3) is 2.10. The number of anilines is 1. The summed E-state index contributed by atoms with van der Waals surface area (Å²) in [4.78, 5) is 12.5. The number of amides is 1. The molecule has 1 N–H and O–H groups in total. The number of halogens is 1. The highest BCUT2D eigenvalue weighted by Crippen LogP contribution is 2.32. The highest BCUT2D eigenvalue weighted by molar-refractivity contribution is 7.16. The second-order valence-corrected chi connectivity index (χ2v) is 4.85. The van der Waals surface area contributed by atoms with Crippen LogP contribution in [0.25, 0.3) is 0 Å². The Labute approximate surface area is 92.3 Å². The molecule has 2 nitrogen and oxygen atoms in total. The standard InChI is InChI=1S/C10H12ClNOS/c11-6-9(13)12-10-5-7-3-1-2-4-8(7)14-10/h5H,1-4,6H2,(H,12,13). The van der Waals surface area contributed by atoms with Crippen molar-refractivity contribution in [1.82, 2.24) is 0 Å². The van der Waals surface area contributed by atoms with E-state index in [1.165, 1.54) is 23.3 Å². The SMILES string of the molecule is O=C(CCl)Nc1cc2c(s1)CCCC2. The molecule has 0 radical (unpaired) electrons. The van der Waals surface area contributed by atoms with Crippen LogP contribution in [0.2, 0.25) is 0 Å². The molecule has 0 saturated heterocycles. The predicted octanol–water partition coefficient (Wildman–Crippen LogP) is 2.80. The monoisotopic (exact) mass is 229 g/mol. The molecule has 0 fully saturated rings. The quantitative estimate of drug-likeness (QED) is 0.777. The zero-order valence-corrected chi connectivity index (χ0v) is 9.38. The van der Waals surface area contributed by atoms with Crippen molar-refractivity contribution in [3.8, 4) is 0 Å². The number of carbonyl (C=O) groups is 1. The maximum absolute atomic E-state index is 11.1. The molecule has 1 aromatic rings. The van der Waals surface area contributed by atoms with Gasteiger partial charge in [0.05, 0.1) is 5.00 Å². The minimum Gasteiger partial charge on any atom is -0.317 e. The summed E-state index contributed by atoms with van der Waals surface area (Å²) in [6.07, 6.45) is 4.86. The van der Waals surface area contributed by atoms with E-state index in [9.17, 15) is 4.79 Å². The Balaban J connectivity index is 2.12. The molecule has 0 spiro atoms. The summed E-state index contributed by atoms with van der Waals surface area (Å²) < 4.78 is 0. The third-order valence-electron chi connectivity index (χ3n) is 2.38. The summed E-state index contributed by atoms with van der Waals surface area (Å²) in [6.45, 7) is 0. The van der Waals surface area contributed by atoms with E-state index in [4.69, 9.17) is 11.6 Å². The zero-order chi connectivity index (χ0) is 9.97. The Morgan fingerprint density at radius 1 is 1.50 bits per heavy atom. The Morgan fingerprint density at radius 2 is 2.29 bits per heavy atom. The van der Waals surface area contributed by atoms with E-state index in [0.717, 1.165) is 17.8 Å². The van der Waals surface area contributed by atoms with Crippen LogP contribution < -0.4 is 5.32 Å². The van der Waals surface area contributed by atoms with E-state index < -0.39 is 0 Å². The molecule has 0 atom stereocenters. The Morgan fingerprint density at radius 3 is 3.00 bits per heavy atom. The Kier molecular flexibility index (Phi) is 3.08.